The van der Waals surface area contributed by atoms with Crippen molar-refractivity contribution in [2.24, 2.45) is 0 Å². The van der Waals surface area contributed by atoms with E-state index in [2.05, 4.69) is 15.3 Å². The minimum Gasteiger partial charge on any atom is -0.329 e. The summed E-state index contributed by atoms with van der Waals surface area (Å²) >= 11 is 11.6. The van der Waals surface area contributed by atoms with Crippen LogP contribution in [-0.2, 0) is 0 Å². The lowest BCUT2D eigenvalue weighted by Crippen LogP contribution is -2.05. The molecule has 0 aliphatic rings. The number of allylic oxidation sites excluding steroid dienone is 1. The maximum Gasteiger partial charge on any atom is 0.228 e. The number of carbonyl (C=O) groups excluding carboxylic acids is 1. The van der Waals surface area contributed by atoms with Crippen molar-refractivity contribution in [2.75, 3.05) is 5.32 Å². The summed E-state index contributed by atoms with van der Waals surface area (Å²) in [4.78, 5) is 20.2. The van der Waals surface area contributed by atoms with E-state index in [4.69, 9.17) is 28.5 Å². The predicted octanol–water partition coefficient (Wildman–Crippen LogP) is 3.79. The molecule has 110 valence electrons. The van der Waals surface area contributed by atoms with Crippen LogP contribution in [0, 0.1) is 18.3 Å². The molecular weight excluding hydrogens is 323 g/mol. The zero-order valence-electron chi connectivity index (χ0n) is 11.5. The summed E-state index contributed by atoms with van der Waals surface area (Å²) in [6.07, 6.45) is 1.25. The lowest BCUT2D eigenvalue weighted by Gasteiger charge is -2.03. The first-order valence-corrected chi connectivity index (χ1v) is 6.93. The van der Waals surface area contributed by atoms with Gasteiger partial charge in [0.25, 0.3) is 0 Å². The third-order valence-electron chi connectivity index (χ3n) is 2.64. The van der Waals surface area contributed by atoms with E-state index < -0.39 is 5.78 Å². The number of nitriles is 1. The topological polar surface area (TPSA) is 78.7 Å². The number of aryl methyl sites for hydroxylation is 1. The first-order chi connectivity index (χ1) is 10.5. The molecule has 0 atom stereocenters. The van der Waals surface area contributed by atoms with Gasteiger partial charge in [-0.3, -0.25) is 4.79 Å². The summed E-state index contributed by atoms with van der Waals surface area (Å²) in [6, 6.07) is 9.71. The Morgan fingerprint density at radius 2 is 1.95 bits per heavy atom. The normalized spacial score (nSPS) is 10.9. The molecule has 7 heteroatoms. The van der Waals surface area contributed by atoms with Crippen molar-refractivity contribution >= 4 is 34.9 Å². The molecule has 0 spiro atoms. The van der Waals surface area contributed by atoms with Gasteiger partial charge in [0, 0.05) is 22.5 Å². The van der Waals surface area contributed by atoms with E-state index in [1.54, 1.807) is 37.3 Å². The smallest absolute Gasteiger partial charge is 0.228 e. The van der Waals surface area contributed by atoms with E-state index in [1.807, 2.05) is 6.07 Å². The Morgan fingerprint density at radius 1 is 1.27 bits per heavy atom. The molecule has 0 aliphatic carbocycles. The number of carbonyl (C=O) groups is 1. The minimum atomic E-state index is -0.426. The third-order valence-corrected chi connectivity index (χ3v) is 3.09. The number of anilines is 1. The molecule has 2 aromatic rings. The largest absolute Gasteiger partial charge is 0.329 e. The van der Waals surface area contributed by atoms with Crippen LogP contribution in [-0.4, -0.2) is 15.8 Å². The van der Waals surface area contributed by atoms with Crippen LogP contribution in [0.5, 0.6) is 0 Å². The van der Waals surface area contributed by atoms with E-state index in [9.17, 15) is 4.79 Å². The monoisotopic (exact) mass is 332 g/mol. The van der Waals surface area contributed by atoms with Crippen molar-refractivity contribution in [1.29, 1.82) is 5.26 Å². The van der Waals surface area contributed by atoms with Crippen LogP contribution in [0.25, 0.3) is 0 Å². The number of nitrogens with zero attached hydrogens (tertiary/aromatic N) is 3. The standard InChI is InChI=1S/C15H10Cl2N4O/c1-9-6-13(17)21-15(20-9)19-8-11(7-18)14(22)10-2-4-12(16)5-3-10/h2-6,8H,1H3,(H,19,20,21)/b11-8-. The summed E-state index contributed by atoms with van der Waals surface area (Å²) < 4.78 is 0. The fourth-order valence-electron chi connectivity index (χ4n) is 1.64. The van der Waals surface area contributed by atoms with E-state index in [1.165, 1.54) is 6.20 Å². The number of halogens is 2. The molecule has 0 radical (unpaired) electrons. The van der Waals surface area contributed by atoms with Crippen molar-refractivity contribution in [3.63, 3.8) is 0 Å². The van der Waals surface area contributed by atoms with Gasteiger partial charge >= 0.3 is 0 Å². The highest BCUT2D eigenvalue weighted by Gasteiger charge is 2.12. The van der Waals surface area contributed by atoms with Crippen LogP contribution in [0.2, 0.25) is 10.2 Å². The number of nitrogens with one attached hydrogen (secondary N) is 1. The maximum atomic E-state index is 12.2. The number of hydrogen-bond acceptors (Lipinski definition) is 5. The van der Waals surface area contributed by atoms with Crippen LogP contribution in [0.4, 0.5) is 5.95 Å². The Balaban J connectivity index is 2.22. The number of hydrogen-bond donors (Lipinski definition) is 1. The molecule has 0 unspecified atom stereocenters. The van der Waals surface area contributed by atoms with Crippen LogP contribution in [0.3, 0.4) is 0 Å². The summed E-state index contributed by atoms with van der Waals surface area (Å²) in [5, 5.41) is 12.6. The Labute approximate surface area is 137 Å². The third kappa shape index (κ3) is 4.04. The van der Waals surface area contributed by atoms with Crippen LogP contribution in [0.15, 0.2) is 42.1 Å². The molecule has 5 nitrogen and oxygen atoms in total. The highest BCUT2D eigenvalue weighted by Crippen LogP contribution is 2.14. The summed E-state index contributed by atoms with van der Waals surface area (Å²) in [7, 11) is 0. The first kappa shape index (κ1) is 16.0. The lowest BCUT2D eigenvalue weighted by atomic mass is 10.1. The van der Waals surface area contributed by atoms with Gasteiger partial charge in [0.1, 0.15) is 16.8 Å². The number of Topliss-reactive ketones (excluding diaryl/α,β-unsaturated/α-hetero) is 1. The number of rotatable bonds is 4. The molecule has 0 aliphatic heterocycles. The zero-order chi connectivity index (χ0) is 16.1. The van der Waals surface area contributed by atoms with Gasteiger partial charge in [0.15, 0.2) is 0 Å². The SMILES string of the molecule is Cc1cc(Cl)nc(N/C=C(/C#N)C(=O)c2ccc(Cl)cc2)n1. The molecule has 0 fully saturated rings. The lowest BCUT2D eigenvalue weighted by molar-refractivity contribution is 0.103. The van der Waals surface area contributed by atoms with Gasteiger partial charge in [-0.05, 0) is 37.3 Å². The van der Waals surface area contributed by atoms with Gasteiger partial charge in [0.2, 0.25) is 11.7 Å². The number of benzene rings is 1. The Bertz CT molecular complexity index is 759. The molecule has 0 saturated heterocycles. The molecule has 22 heavy (non-hydrogen) atoms. The Morgan fingerprint density at radius 3 is 2.55 bits per heavy atom. The fourth-order valence-corrected chi connectivity index (χ4v) is 2.00. The average molecular weight is 333 g/mol. The van der Waals surface area contributed by atoms with Gasteiger partial charge in [-0.2, -0.15) is 5.26 Å². The van der Waals surface area contributed by atoms with Gasteiger partial charge in [-0.1, -0.05) is 23.2 Å². The summed E-state index contributed by atoms with van der Waals surface area (Å²) in [5.41, 5.74) is 0.948. The molecule has 0 amide bonds. The molecule has 1 aromatic heterocycles. The Kier molecular flexibility index (Phi) is 5.10. The van der Waals surface area contributed by atoms with E-state index in [0.717, 1.165) is 0 Å². The first-order valence-electron chi connectivity index (χ1n) is 6.18. The van der Waals surface area contributed by atoms with Gasteiger partial charge in [0.05, 0.1) is 0 Å². The molecule has 1 heterocycles. The second-order valence-electron chi connectivity index (χ2n) is 4.31. The molecule has 0 saturated carbocycles. The summed E-state index contributed by atoms with van der Waals surface area (Å²) in [5.74, 6) is -0.216. The van der Waals surface area contributed by atoms with E-state index in [-0.39, 0.29) is 16.7 Å². The average Bonchev–Trinajstić information content (AvgIpc) is 2.47. The van der Waals surface area contributed by atoms with Crippen LogP contribution < -0.4 is 5.32 Å². The molecule has 1 aromatic carbocycles. The number of aromatic nitrogens is 2. The van der Waals surface area contributed by atoms with E-state index >= 15 is 0 Å². The quantitative estimate of drug-likeness (QED) is 0.398. The van der Waals surface area contributed by atoms with Crippen molar-refractivity contribution in [2.45, 2.75) is 6.92 Å². The van der Waals surface area contributed by atoms with Crippen molar-refractivity contribution in [1.82, 2.24) is 9.97 Å². The van der Waals surface area contributed by atoms with Crippen molar-refractivity contribution in [3.05, 3.63) is 63.5 Å². The summed E-state index contributed by atoms with van der Waals surface area (Å²) in [6.45, 7) is 1.76. The second kappa shape index (κ2) is 7.03. The Hall–Kier alpha value is -2.42. The molecule has 1 N–H and O–H groups in total. The minimum absolute atomic E-state index is 0.0800. The second-order valence-corrected chi connectivity index (χ2v) is 5.13. The van der Waals surface area contributed by atoms with Gasteiger partial charge in [-0.25, -0.2) is 9.97 Å². The highest BCUT2D eigenvalue weighted by atomic mass is 35.5. The van der Waals surface area contributed by atoms with Crippen LogP contribution >= 0.6 is 23.2 Å². The molecule has 2 rings (SSSR count). The van der Waals surface area contributed by atoms with Crippen LogP contribution in [0.1, 0.15) is 16.1 Å². The molecular formula is C15H10Cl2N4O. The maximum absolute atomic E-state index is 12.2. The molecule has 0 bridgehead atoms. The zero-order valence-corrected chi connectivity index (χ0v) is 13.0. The highest BCUT2D eigenvalue weighted by molar-refractivity contribution is 6.30. The van der Waals surface area contributed by atoms with Gasteiger partial charge < -0.3 is 5.32 Å². The van der Waals surface area contributed by atoms with Gasteiger partial charge in [-0.15, -0.1) is 0 Å². The van der Waals surface area contributed by atoms with E-state index in [0.29, 0.717) is 16.3 Å². The van der Waals surface area contributed by atoms with Crippen molar-refractivity contribution < 1.29 is 4.79 Å². The number of ketones is 1. The fraction of sp³-hybridized carbons (Fsp3) is 0.0667. The predicted molar refractivity (Wildman–Crippen MR) is 84.9 cm³/mol. The van der Waals surface area contributed by atoms with Crippen molar-refractivity contribution in [3.8, 4) is 6.07 Å².